The smallest absolute Gasteiger partial charge is 0.0981 e. The van der Waals surface area contributed by atoms with Crippen LogP contribution in [-0.4, -0.2) is 4.98 Å². The monoisotopic (exact) mass is 183 g/mol. The Balaban J connectivity index is 2.77. The van der Waals surface area contributed by atoms with Crippen molar-refractivity contribution in [3.05, 3.63) is 16.1 Å². The Labute approximate surface area is 78.8 Å². The van der Waals surface area contributed by atoms with E-state index in [1.807, 2.05) is 17.5 Å². The lowest BCUT2D eigenvalue weighted by Gasteiger charge is -2.13. The first kappa shape index (κ1) is 9.72. The Morgan fingerprint density at radius 3 is 2.50 bits per heavy atom. The summed E-state index contributed by atoms with van der Waals surface area (Å²) in [6.07, 6.45) is 4.41. The van der Waals surface area contributed by atoms with Crippen LogP contribution in [0.3, 0.4) is 0 Å². The van der Waals surface area contributed by atoms with Gasteiger partial charge in [-0.15, -0.1) is 11.3 Å². The van der Waals surface area contributed by atoms with E-state index in [-0.39, 0.29) is 5.41 Å². The van der Waals surface area contributed by atoms with E-state index in [0.717, 1.165) is 0 Å². The Hall–Kier alpha value is -0.370. The SMILES string of the molecule is CCCc1cnc(C(C)(C)C)s1. The molecule has 0 fully saturated rings. The highest BCUT2D eigenvalue weighted by Crippen LogP contribution is 2.27. The lowest BCUT2D eigenvalue weighted by molar-refractivity contribution is 0.585. The summed E-state index contributed by atoms with van der Waals surface area (Å²) < 4.78 is 0. The maximum Gasteiger partial charge on any atom is 0.0981 e. The molecule has 1 rings (SSSR count). The lowest BCUT2D eigenvalue weighted by Crippen LogP contribution is -2.09. The predicted molar refractivity (Wildman–Crippen MR) is 54.8 cm³/mol. The van der Waals surface area contributed by atoms with Gasteiger partial charge in [0.25, 0.3) is 0 Å². The minimum atomic E-state index is 0.219. The van der Waals surface area contributed by atoms with Gasteiger partial charge in [-0.05, 0) is 6.42 Å². The highest BCUT2D eigenvalue weighted by atomic mass is 32.1. The van der Waals surface area contributed by atoms with Crippen LogP contribution in [0.4, 0.5) is 0 Å². The van der Waals surface area contributed by atoms with Crippen LogP contribution in [-0.2, 0) is 11.8 Å². The number of hydrogen-bond acceptors (Lipinski definition) is 2. The largest absolute Gasteiger partial charge is 0.249 e. The van der Waals surface area contributed by atoms with Gasteiger partial charge in [-0.3, -0.25) is 0 Å². The Morgan fingerprint density at radius 2 is 2.08 bits per heavy atom. The van der Waals surface area contributed by atoms with Gasteiger partial charge < -0.3 is 0 Å². The van der Waals surface area contributed by atoms with Crippen LogP contribution in [0.15, 0.2) is 6.20 Å². The number of rotatable bonds is 2. The molecule has 0 aliphatic heterocycles. The molecule has 0 saturated carbocycles. The molecule has 0 bridgehead atoms. The third-order valence-electron chi connectivity index (χ3n) is 1.69. The fourth-order valence-corrected chi connectivity index (χ4v) is 2.09. The van der Waals surface area contributed by atoms with Crippen molar-refractivity contribution in [3.8, 4) is 0 Å². The number of thiazole rings is 1. The van der Waals surface area contributed by atoms with E-state index in [1.165, 1.54) is 22.7 Å². The average molecular weight is 183 g/mol. The number of aromatic nitrogens is 1. The van der Waals surface area contributed by atoms with Crippen molar-refractivity contribution in [2.24, 2.45) is 0 Å². The number of nitrogens with zero attached hydrogens (tertiary/aromatic N) is 1. The Bertz CT molecular complexity index is 245. The molecule has 1 aromatic rings. The van der Waals surface area contributed by atoms with Crippen molar-refractivity contribution >= 4 is 11.3 Å². The predicted octanol–water partition coefficient (Wildman–Crippen LogP) is 3.39. The minimum absolute atomic E-state index is 0.219. The van der Waals surface area contributed by atoms with Gasteiger partial charge in [0, 0.05) is 16.5 Å². The van der Waals surface area contributed by atoms with Crippen LogP contribution in [0.5, 0.6) is 0 Å². The van der Waals surface area contributed by atoms with Crippen LogP contribution in [0.1, 0.15) is 44.0 Å². The molecule has 0 radical (unpaired) electrons. The van der Waals surface area contributed by atoms with Crippen LogP contribution < -0.4 is 0 Å². The van der Waals surface area contributed by atoms with Gasteiger partial charge in [0.15, 0.2) is 0 Å². The normalized spacial score (nSPS) is 12.0. The average Bonchev–Trinajstić information content (AvgIpc) is 2.35. The quantitative estimate of drug-likeness (QED) is 0.685. The van der Waals surface area contributed by atoms with E-state index >= 15 is 0 Å². The molecule has 0 amide bonds. The van der Waals surface area contributed by atoms with Crippen molar-refractivity contribution in [3.63, 3.8) is 0 Å². The molecular formula is C10H17NS. The zero-order valence-corrected chi connectivity index (χ0v) is 9.16. The Kier molecular flexibility index (Phi) is 2.89. The standard InChI is InChI=1S/C10H17NS/c1-5-6-8-7-11-9(12-8)10(2,3)4/h7H,5-6H2,1-4H3. The van der Waals surface area contributed by atoms with E-state index < -0.39 is 0 Å². The fraction of sp³-hybridized carbons (Fsp3) is 0.700. The molecule has 0 aliphatic carbocycles. The van der Waals surface area contributed by atoms with Crippen molar-refractivity contribution in [2.45, 2.75) is 46.0 Å². The van der Waals surface area contributed by atoms with E-state index in [4.69, 9.17) is 0 Å². The molecule has 12 heavy (non-hydrogen) atoms. The second kappa shape index (κ2) is 3.56. The van der Waals surface area contributed by atoms with E-state index in [9.17, 15) is 0 Å². The van der Waals surface area contributed by atoms with Crippen molar-refractivity contribution in [1.82, 2.24) is 4.98 Å². The summed E-state index contributed by atoms with van der Waals surface area (Å²) in [7, 11) is 0. The van der Waals surface area contributed by atoms with E-state index in [0.29, 0.717) is 0 Å². The Morgan fingerprint density at radius 1 is 1.42 bits per heavy atom. The summed E-state index contributed by atoms with van der Waals surface area (Å²) in [5, 5.41) is 1.26. The van der Waals surface area contributed by atoms with Crippen LogP contribution in [0, 0.1) is 0 Å². The molecule has 0 spiro atoms. The van der Waals surface area contributed by atoms with Crippen LogP contribution >= 0.6 is 11.3 Å². The maximum absolute atomic E-state index is 4.42. The zero-order valence-electron chi connectivity index (χ0n) is 8.35. The molecular weight excluding hydrogens is 166 g/mol. The summed E-state index contributed by atoms with van der Waals surface area (Å²) in [6, 6.07) is 0. The highest BCUT2D eigenvalue weighted by Gasteiger charge is 2.17. The molecule has 68 valence electrons. The molecule has 0 aromatic carbocycles. The lowest BCUT2D eigenvalue weighted by atomic mass is 9.98. The van der Waals surface area contributed by atoms with Gasteiger partial charge in [0.2, 0.25) is 0 Å². The number of aryl methyl sites for hydroxylation is 1. The first-order valence-electron chi connectivity index (χ1n) is 4.49. The first-order valence-corrected chi connectivity index (χ1v) is 5.31. The van der Waals surface area contributed by atoms with Gasteiger partial charge in [-0.1, -0.05) is 34.1 Å². The van der Waals surface area contributed by atoms with Gasteiger partial charge >= 0.3 is 0 Å². The van der Waals surface area contributed by atoms with Gasteiger partial charge in [0.05, 0.1) is 5.01 Å². The van der Waals surface area contributed by atoms with Crippen LogP contribution in [0.25, 0.3) is 0 Å². The van der Waals surface area contributed by atoms with E-state index in [2.05, 4.69) is 32.7 Å². The molecule has 0 aliphatic rings. The van der Waals surface area contributed by atoms with Crippen molar-refractivity contribution in [1.29, 1.82) is 0 Å². The summed E-state index contributed by atoms with van der Waals surface area (Å²) in [4.78, 5) is 5.84. The van der Waals surface area contributed by atoms with Gasteiger partial charge in [-0.25, -0.2) is 4.98 Å². The molecule has 2 heteroatoms. The van der Waals surface area contributed by atoms with Crippen molar-refractivity contribution in [2.75, 3.05) is 0 Å². The topological polar surface area (TPSA) is 12.9 Å². The fourth-order valence-electron chi connectivity index (χ4n) is 1.02. The number of hydrogen-bond donors (Lipinski definition) is 0. The second-order valence-corrected chi connectivity index (χ2v) is 5.25. The van der Waals surface area contributed by atoms with Gasteiger partial charge in [0.1, 0.15) is 0 Å². The van der Waals surface area contributed by atoms with E-state index in [1.54, 1.807) is 0 Å². The minimum Gasteiger partial charge on any atom is -0.249 e. The summed E-state index contributed by atoms with van der Waals surface area (Å²) in [5.74, 6) is 0. The zero-order chi connectivity index (χ0) is 9.19. The molecule has 0 N–H and O–H groups in total. The first-order chi connectivity index (χ1) is 5.54. The summed E-state index contributed by atoms with van der Waals surface area (Å²) >= 11 is 1.85. The third-order valence-corrected chi connectivity index (χ3v) is 3.17. The highest BCUT2D eigenvalue weighted by molar-refractivity contribution is 7.11. The molecule has 1 aromatic heterocycles. The second-order valence-electron chi connectivity index (χ2n) is 4.13. The summed E-state index contributed by atoms with van der Waals surface area (Å²) in [5.41, 5.74) is 0.219. The van der Waals surface area contributed by atoms with Crippen LogP contribution in [0.2, 0.25) is 0 Å². The molecule has 1 heterocycles. The summed E-state index contributed by atoms with van der Waals surface area (Å²) in [6.45, 7) is 8.83. The molecule has 0 saturated heterocycles. The third kappa shape index (κ3) is 2.31. The molecule has 1 nitrogen and oxygen atoms in total. The molecule has 0 unspecified atom stereocenters. The maximum atomic E-state index is 4.42. The molecule has 0 atom stereocenters. The van der Waals surface area contributed by atoms with Gasteiger partial charge in [-0.2, -0.15) is 0 Å². The van der Waals surface area contributed by atoms with Crippen molar-refractivity contribution < 1.29 is 0 Å².